The summed E-state index contributed by atoms with van der Waals surface area (Å²) in [4.78, 5) is 17.5. The molecule has 0 fully saturated rings. The van der Waals surface area contributed by atoms with E-state index in [1.54, 1.807) is 19.1 Å². The SMILES string of the molecule is CCOC(=O)C(c1ccc(F)cc1)c1ncoc1-c1cccs1. The lowest BCUT2D eigenvalue weighted by Gasteiger charge is -2.15. The zero-order valence-corrected chi connectivity index (χ0v) is 13.2. The van der Waals surface area contributed by atoms with Crippen molar-refractivity contribution >= 4 is 17.3 Å². The molecule has 0 aliphatic carbocycles. The Bertz CT molecular complexity index is 781. The van der Waals surface area contributed by atoms with Crippen molar-refractivity contribution < 1.29 is 18.3 Å². The summed E-state index contributed by atoms with van der Waals surface area (Å²) in [5.74, 6) is -1.03. The van der Waals surface area contributed by atoms with E-state index in [1.807, 2.05) is 17.5 Å². The molecule has 0 saturated heterocycles. The van der Waals surface area contributed by atoms with Crippen LogP contribution in [0.1, 0.15) is 24.1 Å². The number of esters is 1. The third-order valence-electron chi connectivity index (χ3n) is 3.34. The second kappa shape index (κ2) is 6.75. The highest BCUT2D eigenvalue weighted by atomic mass is 32.1. The fourth-order valence-electron chi connectivity index (χ4n) is 2.34. The molecule has 0 bridgehead atoms. The molecule has 0 amide bonds. The minimum atomic E-state index is -0.758. The van der Waals surface area contributed by atoms with Gasteiger partial charge in [-0.25, -0.2) is 9.37 Å². The maximum absolute atomic E-state index is 13.2. The zero-order chi connectivity index (χ0) is 16.2. The number of nitrogens with zero attached hydrogens (tertiary/aromatic N) is 1. The summed E-state index contributed by atoms with van der Waals surface area (Å²) in [5, 5.41) is 1.92. The molecule has 0 aliphatic heterocycles. The van der Waals surface area contributed by atoms with Crippen LogP contribution in [-0.2, 0) is 9.53 Å². The van der Waals surface area contributed by atoms with Gasteiger partial charge in [0.05, 0.1) is 11.5 Å². The van der Waals surface area contributed by atoms with Crippen LogP contribution in [0.2, 0.25) is 0 Å². The van der Waals surface area contributed by atoms with Gasteiger partial charge in [-0.15, -0.1) is 11.3 Å². The van der Waals surface area contributed by atoms with Crippen LogP contribution in [-0.4, -0.2) is 17.6 Å². The molecule has 4 nitrogen and oxygen atoms in total. The molecule has 1 atom stereocenters. The van der Waals surface area contributed by atoms with Crippen LogP contribution in [0.3, 0.4) is 0 Å². The smallest absolute Gasteiger partial charge is 0.319 e. The number of aromatic nitrogens is 1. The molecule has 23 heavy (non-hydrogen) atoms. The number of thiophene rings is 1. The van der Waals surface area contributed by atoms with E-state index in [4.69, 9.17) is 9.15 Å². The van der Waals surface area contributed by atoms with Crippen molar-refractivity contribution in [3.05, 3.63) is 65.2 Å². The van der Waals surface area contributed by atoms with Gasteiger partial charge in [0.2, 0.25) is 0 Å². The minimum absolute atomic E-state index is 0.253. The quantitative estimate of drug-likeness (QED) is 0.656. The van der Waals surface area contributed by atoms with Crippen LogP contribution >= 0.6 is 11.3 Å². The van der Waals surface area contributed by atoms with Gasteiger partial charge in [0.25, 0.3) is 0 Å². The summed E-state index contributed by atoms with van der Waals surface area (Å²) in [6.07, 6.45) is 1.31. The molecule has 1 unspecified atom stereocenters. The first-order chi connectivity index (χ1) is 11.2. The summed E-state index contributed by atoms with van der Waals surface area (Å²) in [5.41, 5.74) is 1.08. The molecular formula is C17H14FNO3S. The van der Waals surface area contributed by atoms with Gasteiger partial charge in [0, 0.05) is 0 Å². The Morgan fingerprint density at radius 3 is 2.78 bits per heavy atom. The summed E-state index contributed by atoms with van der Waals surface area (Å²) < 4.78 is 23.9. The number of halogens is 1. The van der Waals surface area contributed by atoms with Gasteiger partial charge in [0.1, 0.15) is 17.4 Å². The van der Waals surface area contributed by atoms with Gasteiger partial charge in [-0.05, 0) is 36.1 Å². The lowest BCUT2D eigenvalue weighted by molar-refractivity contribution is -0.143. The first kappa shape index (κ1) is 15.4. The van der Waals surface area contributed by atoms with Gasteiger partial charge in [-0.1, -0.05) is 18.2 Å². The fourth-order valence-corrected chi connectivity index (χ4v) is 3.06. The van der Waals surface area contributed by atoms with Crippen molar-refractivity contribution in [1.29, 1.82) is 0 Å². The number of hydrogen-bond acceptors (Lipinski definition) is 5. The topological polar surface area (TPSA) is 52.3 Å². The van der Waals surface area contributed by atoms with Crippen molar-refractivity contribution in [2.75, 3.05) is 6.61 Å². The van der Waals surface area contributed by atoms with E-state index in [2.05, 4.69) is 4.98 Å². The summed E-state index contributed by atoms with van der Waals surface area (Å²) in [6, 6.07) is 9.53. The van der Waals surface area contributed by atoms with Crippen LogP contribution in [0, 0.1) is 5.82 Å². The Hall–Kier alpha value is -2.47. The number of ether oxygens (including phenoxy) is 1. The highest BCUT2D eigenvalue weighted by Gasteiger charge is 2.30. The average Bonchev–Trinajstić information content (AvgIpc) is 3.20. The molecule has 0 aliphatic rings. The summed E-state index contributed by atoms with van der Waals surface area (Å²) >= 11 is 1.49. The van der Waals surface area contributed by atoms with E-state index in [0.29, 0.717) is 17.0 Å². The van der Waals surface area contributed by atoms with Crippen LogP contribution < -0.4 is 0 Å². The average molecular weight is 331 g/mol. The fraction of sp³-hybridized carbons (Fsp3) is 0.176. The summed E-state index contributed by atoms with van der Waals surface area (Å²) in [7, 11) is 0. The second-order valence-electron chi connectivity index (χ2n) is 4.78. The molecule has 0 saturated carbocycles. The van der Waals surface area contributed by atoms with Crippen molar-refractivity contribution in [3.63, 3.8) is 0 Å². The molecule has 2 heterocycles. The van der Waals surface area contributed by atoms with E-state index >= 15 is 0 Å². The Morgan fingerprint density at radius 2 is 2.13 bits per heavy atom. The Balaban J connectivity index is 2.08. The number of hydrogen-bond donors (Lipinski definition) is 0. The summed E-state index contributed by atoms with van der Waals surface area (Å²) in [6.45, 7) is 1.99. The van der Waals surface area contributed by atoms with Crippen molar-refractivity contribution in [3.8, 4) is 10.6 Å². The zero-order valence-electron chi connectivity index (χ0n) is 12.4. The van der Waals surface area contributed by atoms with Gasteiger partial charge >= 0.3 is 5.97 Å². The van der Waals surface area contributed by atoms with Crippen molar-refractivity contribution in [2.45, 2.75) is 12.8 Å². The monoisotopic (exact) mass is 331 g/mol. The standard InChI is InChI=1S/C17H14FNO3S/c1-2-21-17(20)14(11-5-7-12(18)8-6-11)15-16(22-10-19-15)13-4-3-9-23-13/h3-10,14H,2H2,1H3. The first-order valence-electron chi connectivity index (χ1n) is 7.10. The molecule has 3 aromatic rings. The molecule has 118 valence electrons. The van der Waals surface area contributed by atoms with E-state index < -0.39 is 11.9 Å². The second-order valence-corrected chi connectivity index (χ2v) is 5.73. The van der Waals surface area contributed by atoms with E-state index in [1.165, 1.54) is 29.9 Å². The van der Waals surface area contributed by atoms with Gasteiger partial charge in [0.15, 0.2) is 12.2 Å². The third-order valence-corrected chi connectivity index (χ3v) is 4.21. The van der Waals surface area contributed by atoms with Crippen molar-refractivity contribution in [1.82, 2.24) is 4.98 Å². The van der Waals surface area contributed by atoms with Crippen LogP contribution in [0.5, 0.6) is 0 Å². The predicted octanol–water partition coefficient (Wildman–Crippen LogP) is 4.24. The highest BCUT2D eigenvalue weighted by Crippen LogP contribution is 2.35. The van der Waals surface area contributed by atoms with Crippen molar-refractivity contribution in [2.24, 2.45) is 0 Å². The minimum Gasteiger partial charge on any atom is -0.465 e. The molecule has 6 heteroatoms. The number of rotatable bonds is 5. The third kappa shape index (κ3) is 3.17. The maximum atomic E-state index is 13.2. The molecule has 1 aromatic carbocycles. The van der Waals surface area contributed by atoms with E-state index in [0.717, 1.165) is 4.88 Å². The lowest BCUT2D eigenvalue weighted by atomic mass is 9.94. The van der Waals surface area contributed by atoms with Gasteiger partial charge in [-0.2, -0.15) is 0 Å². The first-order valence-corrected chi connectivity index (χ1v) is 7.98. The van der Waals surface area contributed by atoms with Crippen LogP contribution in [0.15, 0.2) is 52.6 Å². The van der Waals surface area contributed by atoms with Gasteiger partial charge < -0.3 is 9.15 Å². The molecule has 2 aromatic heterocycles. The number of oxazole rings is 1. The van der Waals surface area contributed by atoms with Gasteiger partial charge in [-0.3, -0.25) is 4.79 Å². The van der Waals surface area contributed by atoms with E-state index in [9.17, 15) is 9.18 Å². The number of carbonyl (C=O) groups is 1. The Labute approximate surface area is 136 Å². The predicted molar refractivity (Wildman–Crippen MR) is 84.7 cm³/mol. The van der Waals surface area contributed by atoms with Crippen LogP contribution in [0.25, 0.3) is 10.6 Å². The van der Waals surface area contributed by atoms with E-state index in [-0.39, 0.29) is 12.4 Å². The maximum Gasteiger partial charge on any atom is 0.319 e. The Morgan fingerprint density at radius 1 is 1.35 bits per heavy atom. The molecule has 0 spiro atoms. The number of carbonyl (C=O) groups excluding carboxylic acids is 1. The molecule has 3 rings (SSSR count). The Kier molecular flexibility index (Phi) is 4.52. The largest absolute Gasteiger partial charge is 0.465 e. The van der Waals surface area contributed by atoms with Crippen LogP contribution in [0.4, 0.5) is 4.39 Å². The molecular weight excluding hydrogens is 317 g/mol. The normalized spacial score (nSPS) is 12.1. The molecule has 0 radical (unpaired) electrons. The number of benzene rings is 1. The lowest BCUT2D eigenvalue weighted by Crippen LogP contribution is -2.18. The highest BCUT2D eigenvalue weighted by molar-refractivity contribution is 7.13. The molecule has 0 N–H and O–H groups in total.